The van der Waals surface area contributed by atoms with Crippen LogP contribution in [0.3, 0.4) is 0 Å². The van der Waals surface area contributed by atoms with E-state index in [9.17, 15) is 9.59 Å². The minimum absolute atomic E-state index is 0.0409. The highest BCUT2D eigenvalue weighted by Crippen LogP contribution is 2.03. The molecule has 1 N–H and O–H groups in total. The molecule has 0 bridgehead atoms. The second kappa shape index (κ2) is 7.54. The third kappa shape index (κ3) is 6.63. The summed E-state index contributed by atoms with van der Waals surface area (Å²) in [5, 5.41) is 2.67. The van der Waals surface area contributed by atoms with Crippen molar-refractivity contribution in [2.24, 2.45) is 5.92 Å². The topological polar surface area (TPSA) is 46.2 Å². The van der Waals surface area contributed by atoms with Crippen LogP contribution in [0.1, 0.15) is 46.5 Å². The number of rotatable bonds is 7. The average Bonchev–Trinajstić information content (AvgIpc) is 2.12. The normalized spacial score (nSPS) is 12.6. The summed E-state index contributed by atoms with van der Waals surface area (Å²) in [7, 11) is 0. The molecule has 81 valence electrons. The second-order valence-corrected chi connectivity index (χ2v) is 3.97. The lowest BCUT2D eigenvalue weighted by atomic mass is 10.0. The van der Waals surface area contributed by atoms with Crippen LogP contribution in [0.2, 0.25) is 0 Å². The number of hydrogen-bond acceptors (Lipinski definition) is 2. The SMILES string of the molecule is CCCCC(=O)N[C@H]([C]=O)CC(C)C. The van der Waals surface area contributed by atoms with E-state index >= 15 is 0 Å². The zero-order valence-electron chi connectivity index (χ0n) is 9.30. The van der Waals surface area contributed by atoms with Gasteiger partial charge in [-0.3, -0.25) is 9.59 Å². The number of carbonyl (C=O) groups is 1. The maximum Gasteiger partial charge on any atom is 0.222 e. The highest BCUT2D eigenvalue weighted by molar-refractivity contribution is 5.79. The van der Waals surface area contributed by atoms with Gasteiger partial charge in [0.15, 0.2) is 0 Å². The summed E-state index contributed by atoms with van der Waals surface area (Å²) in [4.78, 5) is 21.8. The van der Waals surface area contributed by atoms with Gasteiger partial charge in [0, 0.05) is 6.42 Å². The predicted octanol–water partition coefficient (Wildman–Crippen LogP) is 1.82. The molecule has 14 heavy (non-hydrogen) atoms. The van der Waals surface area contributed by atoms with Gasteiger partial charge in [0.05, 0.1) is 6.04 Å². The third-order valence-corrected chi connectivity index (χ3v) is 1.94. The van der Waals surface area contributed by atoms with E-state index in [0.717, 1.165) is 12.8 Å². The van der Waals surface area contributed by atoms with Crippen LogP contribution < -0.4 is 5.32 Å². The Morgan fingerprint density at radius 1 is 1.43 bits per heavy atom. The largest absolute Gasteiger partial charge is 0.346 e. The Labute approximate surface area is 86.3 Å². The maximum absolute atomic E-state index is 11.3. The van der Waals surface area contributed by atoms with Crippen LogP contribution in [-0.4, -0.2) is 18.2 Å². The van der Waals surface area contributed by atoms with Gasteiger partial charge in [-0.15, -0.1) is 0 Å². The van der Waals surface area contributed by atoms with E-state index in [1.54, 1.807) is 0 Å². The second-order valence-electron chi connectivity index (χ2n) is 3.97. The zero-order chi connectivity index (χ0) is 11.0. The van der Waals surface area contributed by atoms with Crippen molar-refractivity contribution in [3.8, 4) is 0 Å². The van der Waals surface area contributed by atoms with Crippen molar-refractivity contribution in [2.45, 2.75) is 52.5 Å². The van der Waals surface area contributed by atoms with Gasteiger partial charge in [0.1, 0.15) is 0 Å². The fraction of sp³-hybridized carbons (Fsp3) is 0.818. The molecule has 0 fully saturated rings. The van der Waals surface area contributed by atoms with Gasteiger partial charge in [0.25, 0.3) is 0 Å². The summed E-state index contributed by atoms with van der Waals surface area (Å²) in [5.41, 5.74) is 0. The molecule has 0 heterocycles. The first-order valence-corrected chi connectivity index (χ1v) is 5.27. The van der Waals surface area contributed by atoms with E-state index in [0.29, 0.717) is 18.8 Å². The monoisotopic (exact) mass is 198 g/mol. The Kier molecular flexibility index (Phi) is 7.07. The summed E-state index contributed by atoms with van der Waals surface area (Å²) in [5.74, 6) is 0.355. The quantitative estimate of drug-likeness (QED) is 0.678. The molecule has 0 aliphatic carbocycles. The standard InChI is InChI=1S/C11H20NO2/c1-4-5-6-11(14)12-10(8-13)7-9(2)3/h9-10H,4-7H2,1-3H3,(H,12,14)/t10-/m0/s1. The highest BCUT2D eigenvalue weighted by atomic mass is 16.2. The van der Waals surface area contributed by atoms with Crippen LogP contribution in [-0.2, 0) is 9.59 Å². The van der Waals surface area contributed by atoms with E-state index < -0.39 is 6.04 Å². The van der Waals surface area contributed by atoms with Crippen molar-refractivity contribution < 1.29 is 9.59 Å². The Morgan fingerprint density at radius 3 is 2.50 bits per heavy atom. The Hall–Kier alpha value is -0.860. The molecule has 3 nitrogen and oxygen atoms in total. The number of carbonyl (C=O) groups excluding carboxylic acids is 2. The molecule has 0 aromatic rings. The Bertz CT molecular complexity index is 178. The van der Waals surface area contributed by atoms with Gasteiger partial charge >= 0.3 is 0 Å². The molecule has 0 aromatic heterocycles. The number of amides is 1. The van der Waals surface area contributed by atoms with Crippen LogP contribution in [0.5, 0.6) is 0 Å². The van der Waals surface area contributed by atoms with Gasteiger partial charge in [-0.2, -0.15) is 0 Å². The van der Waals surface area contributed by atoms with Crippen molar-refractivity contribution in [3.05, 3.63) is 0 Å². The van der Waals surface area contributed by atoms with Crippen LogP contribution in [0, 0.1) is 5.92 Å². The van der Waals surface area contributed by atoms with Gasteiger partial charge in [-0.05, 0) is 18.8 Å². The van der Waals surface area contributed by atoms with E-state index in [1.807, 2.05) is 27.1 Å². The summed E-state index contributed by atoms with van der Waals surface area (Å²) < 4.78 is 0. The summed E-state index contributed by atoms with van der Waals surface area (Å²) in [6.07, 6.45) is 4.90. The van der Waals surface area contributed by atoms with Crippen LogP contribution in [0.4, 0.5) is 0 Å². The van der Waals surface area contributed by atoms with Gasteiger partial charge < -0.3 is 5.32 Å². The Balaban J connectivity index is 3.80. The molecule has 0 rings (SSSR count). The van der Waals surface area contributed by atoms with Crippen LogP contribution >= 0.6 is 0 Å². The molecule has 0 spiro atoms. The van der Waals surface area contributed by atoms with E-state index in [-0.39, 0.29) is 5.91 Å². The van der Waals surface area contributed by atoms with Crippen molar-refractivity contribution in [2.75, 3.05) is 0 Å². The molecular weight excluding hydrogens is 178 g/mol. The first kappa shape index (κ1) is 13.1. The molecule has 3 heteroatoms. The molecule has 1 amide bonds. The Morgan fingerprint density at radius 2 is 2.07 bits per heavy atom. The molecule has 0 aromatic carbocycles. The average molecular weight is 198 g/mol. The number of unbranched alkanes of at least 4 members (excludes halogenated alkanes) is 1. The van der Waals surface area contributed by atoms with Gasteiger partial charge in [-0.25, -0.2) is 0 Å². The zero-order valence-corrected chi connectivity index (χ0v) is 9.30. The first-order valence-electron chi connectivity index (χ1n) is 5.27. The molecule has 1 atom stereocenters. The van der Waals surface area contributed by atoms with Crippen molar-refractivity contribution in [1.29, 1.82) is 0 Å². The van der Waals surface area contributed by atoms with Crippen LogP contribution in [0.25, 0.3) is 0 Å². The van der Waals surface area contributed by atoms with E-state index in [4.69, 9.17) is 0 Å². The molecule has 1 radical (unpaired) electrons. The molecular formula is C11H20NO2. The van der Waals surface area contributed by atoms with Crippen molar-refractivity contribution in [1.82, 2.24) is 5.32 Å². The molecule has 0 saturated carbocycles. The smallest absolute Gasteiger partial charge is 0.222 e. The lowest BCUT2D eigenvalue weighted by Gasteiger charge is -2.13. The fourth-order valence-electron chi connectivity index (χ4n) is 1.21. The lowest BCUT2D eigenvalue weighted by Crippen LogP contribution is -2.36. The van der Waals surface area contributed by atoms with Crippen LogP contribution in [0.15, 0.2) is 0 Å². The minimum Gasteiger partial charge on any atom is -0.346 e. The minimum atomic E-state index is -0.431. The first-order chi connectivity index (χ1) is 6.60. The van der Waals surface area contributed by atoms with E-state index in [1.165, 1.54) is 0 Å². The molecule has 0 aliphatic heterocycles. The predicted molar refractivity (Wildman–Crippen MR) is 56.6 cm³/mol. The van der Waals surface area contributed by atoms with Gasteiger partial charge in [-0.1, -0.05) is 27.2 Å². The van der Waals surface area contributed by atoms with Gasteiger partial charge in [0.2, 0.25) is 12.2 Å². The summed E-state index contributed by atoms with van der Waals surface area (Å²) in [6, 6.07) is -0.431. The maximum atomic E-state index is 11.3. The molecule has 0 saturated heterocycles. The summed E-state index contributed by atoms with van der Waals surface area (Å²) >= 11 is 0. The number of hydrogen-bond donors (Lipinski definition) is 1. The van der Waals surface area contributed by atoms with Crippen molar-refractivity contribution in [3.63, 3.8) is 0 Å². The third-order valence-electron chi connectivity index (χ3n) is 1.94. The summed E-state index contributed by atoms with van der Waals surface area (Å²) in [6.45, 7) is 6.07. The lowest BCUT2D eigenvalue weighted by molar-refractivity contribution is -0.121. The number of nitrogens with one attached hydrogen (secondary N) is 1. The molecule has 0 aliphatic rings. The van der Waals surface area contributed by atoms with Crippen molar-refractivity contribution >= 4 is 12.2 Å². The molecule has 0 unspecified atom stereocenters. The van der Waals surface area contributed by atoms with E-state index in [2.05, 4.69) is 5.32 Å². The highest BCUT2D eigenvalue weighted by Gasteiger charge is 2.13. The fourth-order valence-corrected chi connectivity index (χ4v) is 1.21.